The first-order valence-corrected chi connectivity index (χ1v) is 15.5. The van der Waals surface area contributed by atoms with Gasteiger partial charge in [0.25, 0.3) is 10.1 Å². The van der Waals surface area contributed by atoms with E-state index in [-0.39, 0.29) is 28.4 Å². The molecule has 7 unspecified atom stereocenters. The number of aryl methyl sites for hydroxylation is 1. The minimum Gasteiger partial charge on any atom is -0.378 e. The van der Waals surface area contributed by atoms with Crippen molar-refractivity contribution in [3.63, 3.8) is 0 Å². The molecule has 3 fully saturated rings. The van der Waals surface area contributed by atoms with Crippen LogP contribution < -0.4 is 0 Å². The highest BCUT2D eigenvalue weighted by atomic mass is 32.2. The van der Waals surface area contributed by atoms with Crippen molar-refractivity contribution in [2.24, 2.45) is 40.4 Å². The largest absolute Gasteiger partial charge is 0.378 e. The van der Waals surface area contributed by atoms with Crippen LogP contribution in [0.2, 0.25) is 0 Å². The molecule has 5 heteroatoms. The highest BCUT2D eigenvalue weighted by Crippen LogP contribution is 2.67. The lowest BCUT2D eigenvalue weighted by Gasteiger charge is -2.59. The zero-order valence-corrected chi connectivity index (χ0v) is 24.0. The van der Waals surface area contributed by atoms with Crippen LogP contribution in [0, 0.1) is 47.3 Å². The molecule has 36 heavy (non-hydrogen) atoms. The number of ether oxygens (including phenoxy) is 1. The first kappa shape index (κ1) is 26.4. The lowest BCUT2D eigenvalue weighted by molar-refractivity contribution is -0.0814. The SMILES string of the molecule is COC1(C)CCC2(C)C(=CCC3C2CCC2(C)C3CCC2[C@H](C)COS(=O)(=O)c2ccc(C)cc2)C1. The van der Waals surface area contributed by atoms with Crippen molar-refractivity contribution in [2.45, 2.75) is 96.5 Å². The minimum absolute atomic E-state index is 0.00579. The minimum atomic E-state index is -3.72. The monoisotopic (exact) mass is 514 g/mol. The second-order valence-corrected chi connectivity index (χ2v) is 15.0. The van der Waals surface area contributed by atoms with Crippen LogP contribution in [0.1, 0.15) is 84.6 Å². The average molecular weight is 515 g/mol. The Morgan fingerprint density at radius 1 is 1.00 bits per heavy atom. The van der Waals surface area contributed by atoms with Gasteiger partial charge in [0, 0.05) is 7.11 Å². The highest BCUT2D eigenvalue weighted by molar-refractivity contribution is 7.86. The van der Waals surface area contributed by atoms with E-state index in [1.807, 2.05) is 26.2 Å². The molecule has 1 aromatic carbocycles. The molecule has 4 aliphatic rings. The second kappa shape index (κ2) is 9.24. The fraction of sp³-hybridized carbons (Fsp3) is 0.742. The molecule has 0 heterocycles. The van der Waals surface area contributed by atoms with Gasteiger partial charge in [0.1, 0.15) is 0 Å². The summed E-state index contributed by atoms with van der Waals surface area (Å²) >= 11 is 0. The number of methoxy groups -OCH3 is 1. The average Bonchev–Trinajstić information content (AvgIpc) is 3.21. The van der Waals surface area contributed by atoms with Gasteiger partial charge in [-0.1, -0.05) is 50.1 Å². The maximum absolute atomic E-state index is 12.8. The molecule has 1 aromatic rings. The second-order valence-electron chi connectivity index (χ2n) is 13.3. The fourth-order valence-corrected chi connectivity index (χ4v) is 10.0. The molecule has 5 rings (SSSR count). The van der Waals surface area contributed by atoms with Gasteiger partial charge in [-0.3, -0.25) is 4.18 Å². The smallest absolute Gasteiger partial charge is 0.296 e. The zero-order valence-electron chi connectivity index (χ0n) is 23.2. The topological polar surface area (TPSA) is 52.6 Å². The zero-order chi connectivity index (χ0) is 25.9. The van der Waals surface area contributed by atoms with E-state index >= 15 is 0 Å². The third-order valence-electron chi connectivity index (χ3n) is 11.4. The molecule has 0 N–H and O–H groups in total. The van der Waals surface area contributed by atoms with Crippen molar-refractivity contribution in [3.8, 4) is 0 Å². The Kier molecular flexibility index (Phi) is 6.78. The molecule has 3 saturated carbocycles. The van der Waals surface area contributed by atoms with E-state index in [1.165, 1.54) is 38.5 Å². The van der Waals surface area contributed by atoms with Crippen LogP contribution in [-0.4, -0.2) is 27.7 Å². The van der Waals surface area contributed by atoms with Crippen LogP contribution in [0.25, 0.3) is 0 Å². The predicted molar refractivity (Wildman–Crippen MR) is 144 cm³/mol. The first-order chi connectivity index (χ1) is 16.9. The number of fused-ring (bicyclic) bond motifs is 5. The Balaban J connectivity index is 1.29. The third-order valence-corrected chi connectivity index (χ3v) is 12.7. The predicted octanol–water partition coefficient (Wildman–Crippen LogP) is 7.32. The molecule has 8 atom stereocenters. The summed E-state index contributed by atoms with van der Waals surface area (Å²) in [4.78, 5) is 0.256. The number of hydrogen-bond donors (Lipinski definition) is 0. The summed E-state index contributed by atoms with van der Waals surface area (Å²) in [6.07, 6.45) is 12.3. The molecular weight excluding hydrogens is 468 g/mol. The third kappa shape index (κ3) is 4.31. The first-order valence-electron chi connectivity index (χ1n) is 14.1. The summed E-state index contributed by atoms with van der Waals surface area (Å²) in [5, 5.41) is 0. The Morgan fingerprint density at radius 2 is 1.72 bits per heavy atom. The molecule has 0 bridgehead atoms. The van der Waals surface area contributed by atoms with E-state index in [1.54, 1.807) is 17.7 Å². The molecule has 4 aliphatic carbocycles. The van der Waals surface area contributed by atoms with E-state index < -0.39 is 10.1 Å². The van der Waals surface area contributed by atoms with E-state index in [9.17, 15) is 8.42 Å². The van der Waals surface area contributed by atoms with Gasteiger partial charge in [-0.2, -0.15) is 8.42 Å². The molecular formula is C31H46O4S. The van der Waals surface area contributed by atoms with Crippen molar-refractivity contribution in [1.82, 2.24) is 0 Å². The van der Waals surface area contributed by atoms with Crippen molar-refractivity contribution < 1.29 is 17.3 Å². The van der Waals surface area contributed by atoms with E-state index in [2.05, 4.69) is 33.8 Å². The van der Waals surface area contributed by atoms with Gasteiger partial charge < -0.3 is 4.74 Å². The number of hydrogen-bond acceptors (Lipinski definition) is 4. The fourth-order valence-electron chi connectivity index (χ4n) is 9.03. The molecule has 0 amide bonds. The summed E-state index contributed by atoms with van der Waals surface area (Å²) < 4.78 is 37.2. The van der Waals surface area contributed by atoms with E-state index in [0.29, 0.717) is 11.3 Å². The maximum Gasteiger partial charge on any atom is 0.296 e. The van der Waals surface area contributed by atoms with Crippen LogP contribution >= 0.6 is 0 Å². The van der Waals surface area contributed by atoms with Crippen LogP contribution in [-0.2, 0) is 19.0 Å². The molecule has 0 aromatic heterocycles. The summed E-state index contributed by atoms with van der Waals surface area (Å²) in [5.74, 6) is 2.97. The van der Waals surface area contributed by atoms with Crippen LogP contribution in [0.3, 0.4) is 0 Å². The van der Waals surface area contributed by atoms with Crippen LogP contribution in [0.5, 0.6) is 0 Å². The maximum atomic E-state index is 12.8. The van der Waals surface area contributed by atoms with Crippen LogP contribution in [0.4, 0.5) is 0 Å². The summed E-state index contributed by atoms with van der Waals surface area (Å²) in [6, 6.07) is 6.95. The highest BCUT2D eigenvalue weighted by Gasteiger charge is 2.59. The van der Waals surface area contributed by atoms with Crippen molar-refractivity contribution in [3.05, 3.63) is 41.5 Å². The van der Waals surface area contributed by atoms with Gasteiger partial charge in [-0.05, 0) is 118 Å². The summed E-state index contributed by atoms with van der Waals surface area (Å²) in [7, 11) is -1.85. The Labute approximate surface area is 219 Å². The molecule has 0 spiro atoms. The van der Waals surface area contributed by atoms with Crippen molar-refractivity contribution in [2.75, 3.05) is 13.7 Å². The van der Waals surface area contributed by atoms with Gasteiger partial charge in [0.2, 0.25) is 0 Å². The number of rotatable bonds is 6. The Hall–Kier alpha value is -1.17. The van der Waals surface area contributed by atoms with Crippen LogP contribution in [0.15, 0.2) is 40.8 Å². The molecule has 0 saturated heterocycles. The lowest BCUT2D eigenvalue weighted by Crippen LogP contribution is -2.52. The quantitative estimate of drug-likeness (QED) is 0.295. The lowest BCUT2D eigenvalue weighted by atomic mass is 9.46. The standard InChI is InChI=1S/C31H46O4S/c1-21-7-10-24(11-8-21)36(32,33)35-20-22(2)26-13-14-27-25-12-9-23-19-29(3,34-6)17-18-30(23,4)28(25)15-16-31(26,27)5/h7-11,22,25-28H,12-20H2,1-6H3/t22-,25?,26?,27?,28?,29?,30?,31?/m1/s1. The van der Waals surface area contributed by atoms with E-state index in [0.717, 1.165) is 36.2 Å². The number of benzene rings is 1. The normalized spacial score (nSPS) is 41.1. The Morgan fingerprint density at radius 3 is 2.42 bits per heavy atom. The summed E-state index contributed by atoms with van der Waals surface area (Å²) in [6.45, 7) is 11.8. The van der Waals surface area contributed by atoms with Gasteiger partial charge in [-0.25, -0.2) is 0 Å². The summed E-state index contributed by atoms with van der Waals surface area (Å²) in [5.41, 5.74) is 3.28. The van der Waals surface area contributed by atoms with Gasteiger partial charge in [0.05, 0.1) is 17.1 Å². The van der Waals surface area contributed by atoms with Gasteiger partial charge >= 0.3 is 0 Å². The van der Waals surface area contributed by atoms with Crippen molar-refractivity contribution in [1.29, 1.82) is 0 Å². The molecule has 0 aliphatic heterocycles. The molecule has 0 radical (unpaired) electrons. The van der Waals surface area contributed by atoms with Crippen molar-refractivity contribution >= 4 is 10.1 Å². The Bertz CT molecular complexity index is 1110. The number of allylic oxidation sites excluding steroid dienone is 1. The molecule has 4 nitrogen and oxygen atoms in total. The molecule has 200 valence electrons. The van der Waals surface area contributed by atoms with Gasteiger partial charge in [0.15, 0.2) is 0 Å². The van der Waals surface area contributed by atoms with Gasteiger partial charge in [-0.15, -0.1) is 0 Å². The van der Waals surface area contributed by atoms with E-state index in [4.69, 9.17) is 8.92 Å².